The molecule has 0 saturated carbocycles. The van der Waals surface area contributed by atoms with E-state index in [0.29, 0.717) is 45.9 Å². The van der Waals surface area contributed by atoms with Gasteiger partial charge in [-0.05, 0) is 79.7 Å². The zero-order valence-electron chi connectivity index (χ0n) is 20.0. The highest BCUT2D eigenvalue weighted by Gasteiger charge is 2.15. The number of benzene rings is 4. The molecule has 36 heavy (non-hydrogen) atoms. The highest BCUT2D eigenvalue weighted by atomic mass is 35.5. The van der Waals surface area contributed by atoms with Crippen molar-refractivity contribution in [1.29, 1.82) is 0 Å². The molecule has 0 atom stereocenters. The van der Waals surface area contributed by atoms with E-state index in [-0.39, 0.29) is 12.5 Å². The summed E-state index contributed by atoms with van der Waals surface area (Å²) in [5.41, 5.74) is 1.64. The minimum Gasteiger partial charge on any atom is -0.497 e. The normalized spacial score (nSPS) is 10.4. The van der Waals surface area contributed by atoms with Crippen LogP contribution in [0.4, 0.5) is 5.69 Å². The number of hydrogen-bond acceptors (Lipinski definition) is 5. The molecule has 0 aliphatic heterocycles. The topological polar surface area (TPSA) is 66.0 Å². The highest BCUT2D eigenvalue weighted by Crippen LogP contribution is 2.33. The first-order valence-electron chi connectivity index (χ1n) is 11.4. The summed E-state index contributed by atoms with van der Waals surface area (Å²) >= 11 is 6.20. The minimum atomic E-state index is -0.316. The lowest BCUT2D eigenvalue weighted by Gasteiger charge is -2.15. The van der Waals surface area contributed by atoms with E-state index in [0.717, 1.165) is 11.3 Å². The Bertz CT molecular complexity index is 1310. The maximum Gasteiger partial charge on any atom is 0.255 e. The maximum absolute atomic E-state index is 13.2. The molecule has 0 radical (unpaired) electrons. The number of rotatable bonds is 10. The van der Waals surface area contributed by atoms with Gasteiger partial charge in [0.25, 0.3) is 5.91 Å². The van der Waals surface area contributed by atoms with Crippen molar-refractivity contribution in [2.24, 2.45) is 0 Å². The largest absolute Gasteiger partial charge is 0.497 e. The van der Waals surface area contributed by atoms with Gasteiger partial charge in [-0.15, -0.1) is 0 Å². The second-order valence-electron chi connectivity index (χ2n) is 7.73. The SMILES string of the molecule is CCOc1ccc(C(=O)Nc2cc(Cl)ccc2Oc2ccccc2)cc1COc1ccc(OC)cc1. The Balaban J connectivity index is 1.53. The molecular weight excluding hydrogens is 478 g/mol. The fraction of sp³-hybridized carbons (Fsp3) is 0.138. The monoisotopic (exact) mass is 503 g/mol. The van der Waals surface area contributed by atoms with Crippen LogP contribution in [0.5, 0.6) is 28.7 Å². The molecule has 7 heteroatoms. The Morgan fingerprint density at radius 2 is 1.53 bits per heavy atom. The molecule has 0 aliphatic carbocycles. The van der Waals surface area contributed by atoms with E-state index < -0.39 is 0 Å². The second kappa shape index (κ2) is 12.0. The number of halogens is 1. The number of ether oxygens (including phenoxy) is 4. The number of para-hydroxylation sites is 1. The number of carbonyl (C=O) groups excluding carboxylic acids is 1. The Kier molecular flexibility index (Phi) is 8.32. The van der Waals surface area contributed by atoms with Crippen LogP contribution in [0.3, 0.4) is 0 Å². The lowest BCUT2D eigenvalue weighted by Crippen LogP contribution is -2.13. The molecular formula is C29H26ClNO5. The molecule has 0 saturated heterocycles. The zero-order chi connectivity index (χ0) is 25.3. The first kappa shape index (κ1) is 24.9. The van der Waals surface area contributed by atoms with Crippen molar-refractivity contribution >= 4 is 23.2 Å². The molecule has 1 N–H and O–H groups in total. The van der Waals surface area contributed by atoms with Crippen LogP contribution in [-0.4, -0.2) is 19.6 Å². The zero-order valence-corrected chi connectivity index (χ0v) is 20.7. The predicted octanol–water partition coefficient (Wildman–Crippen LogP) is 7.37. The van der Waals surface area contributed by atoms with Gasteiger partial charge in [0.1, 0.15) is 29.6 Å². The van der Waals surface area contributed by atoms with Gasteiger partial charge in [0.05, 0.1) is 19.4 Å². The third-order valence-corrected chi connectivity index (χ3v) is 5.47. The van der Waals surface area contributed by atoms with Crippen LogP contribution < -0.4 is 24.3 Å². The number of nitrogens with one attached hydrogen (secondary N) is 1. The Hall–Kier alpha value is -4.16. The summed E-state index contributed by atoms with van der Waals surface area (Å²) < 4.78 is 22.8. The van der Waals surface area contributed by atoms with Gasteiger partial charge in [0.15, 0.2) is 5.75 Å². The van der Waals surface area contributed by atoms with Gasteiger partial charge >= 0.3 is 0 Å². The van der Waals surface area contributed by atoms with Crippen molar-refractivity contribution in [3.05, 3.63) is 107 Å². The van der Waals surface area contributed by atoms with Crippen LogP contribution in [0.1, 0.15) is 22.8 Å². The standard InChI is InChI=1S/C29H26ClNO5/c1-3-34-27-15-9-20(17-21(27)19-35-24-13-11-23(33-2)12-14-24)29(32)31-26-18-22(30)10-16-28(26)36-25-7-5-4-6-8-25/h4-18H,3,19H2,1-2H3,(H,31,32). The summed E-state index contributed by atoms with van der Waals surface area (Å²) in [7, 11) is 1.61. The molecule has 6 nitrogen and oxygen atoms in total. The molecule has 4 aromatic rings. The van der Waals surface area contributed by atoms with Crippen LogP contribution >= 0.6 is 11.6 Å². The highest BCUT2D eigenvalue weighted by molar-refractivity contribution is 6.31. The molecule has 0 spiro atoms. The quantitative estimate of drug-likeness (QED) is 0.245. The van der Waals surface area contributed by atoms with E-state index in [1.807, 2.05) is 61.5 Å². The summed E-state index contributed by atoms with van der Waals surface area (Å²) in [5, 5.41) is 3.39. The van der Waals surface area contributed by atoms with Gasteiger partial charge in [-0.1, -0.05) is 29.8 Å². The van der Waals surface area contributed by atoms with Crippen molar-refractivity contribution in [1.82, 2.24) is 0 Å². The molecule has 0 unspecified atom stereocenters. The van der Waals surface area contributed by atoms with Gasteiger partial charge in [0, 0.05) is 16.1 Å². The number of hydrogen-bond donors (Lipinski definition) is 1. The van der Waals surface area contributed by atoms with Gasteiger partial charge in [-0.25, -0.2) is 0 Å². The van der Waals surface area contributed by atoms with Gasteiger partial charge < -0.3 is 24.3 Å². The maximum atomic E-state index is 13.2. The molecule has 4 aromatic carbocycles. The fourth-order valence-corrected chi connectivity index (χ4v) is 3.63. The first-order chi connectivity index (χ1) is 17.6. The molecule has 0 aliphatic rings. The average molecular weight is 504 g/mol. The van der Waals surface area contributed by atoms with Crippen molar-refractivity contribution in [2.75, 3.05) is 19.0 Å². The molecule has 0 heterocycles. The van der Waals surface area contributed by atoms with Crippen LogP contribution in [-0.2, 0) is 6.61 Å². The van der Waals surface area contributed by atoms with E-state index >= 15 is 0 Å². The average Bonchev–Trinajstić information content (AvgIpc) is 2.90. The van der Waals surface area contributed by atoms with Gasteiger partial charge in [0.2, 0.25) is 0 Å². The Morgan fingerprint density at radius 1 is 0.806 bits per heavy atom. The third kappa shape index (κ3) is 6.49. The van der Waals surface area contributed by atoms with Crippen LogP contribution in [0.25, 0.3) is 0 Å². The summed E-state index contributed by atoms with van der Waals surface area (Å²) in [6.07, 6.45) is 0. The van der Waals surface area contributed by atoms with E-state index in [9.17, 15) is 4.79 Å². The summed E-state index contributed by atoms with van der Waals surface area (Å²) in [5.74, 6) is 2.88. The van der Waals surface area contributed by atoms with E-state index in [1.165, 1.54) is 0 Å². The Labute approximate surface area is 215 Å². The van der Waals surface area contributed by atoms with Crippen molar-refractivity contribution in [2.45, 2.75) is 13.5 Å². The smallest absolute Gasteiger partial charge is 0.255 e. The third-order valence-electron chi connectivity index (χ3n) is 5.24. The van der Waals surface area contributed by atoms with Crippen molar-refractivity contribution in [3.63, 3.8) is 0 Å². The first-order valence-corrected chi connectivity index (χ1v) is 11.8. The predicted molar refractivity (Wildman–Crippen MR) is 141 cm³/mol. The van der Waals surface area contributed by atoms with Gasteiger partial charge in [-0.3, -0.25) is 4.79 Å². The fourth-order valence-electron chi connectivity index (χ4n) is 3.46. The molecule has 1 amide bonds. The van der Waals surface area contributed by atoms with E-state index in [4.69, 9.17) is 30.5 Å². The van der Waals surface area contributed by atoms with Crippen molar-refractivity contribution in [3.8, 4) is 28.7 Å². The van der Waals surface area contributed by atoms with Crippen LogP contribution in [0, 0.1) is 0 Å². The Morgan fingerprint density at radius 3 is 2.25 bits per heavy atom. The lowest BCUT2D eigenvalue weighted by atomic mass is 10.1. The number of amides is 1. The molecule has 0 bridgehead atoms. The molecule has 0 fully saturated rings. The van der Waals surface area contributed by atoms with Crippen LogP contribution in [0.2, 0.25) is 5.02 Å². The number of anilines is 1. The van der Waals surface area contributed by atoms with Crippen LogP contribution in [0.15, 0.2) is 91.0 Å². The summed E-state index contributed by atoms with van der Waals surface area (Å²) in [4.78, 5) is 13.2. The summed E-state index contributed by atoms with van der Waals surface area (Å²) in [6.45, 7) is 2.62. The van der Waals surface area contributed by atoms with Crippen molar-refractivity contribution < 1.29 is 23.7 Å². The number of methoxy groups -OCH3 is 1. The minimum absolute atomic E-state index is 0.225. The van der Waals surface area contributed by atoms with Gasteiger partial charge in [-0.2, -0.15) is 0 Å². The second-order valence-corrected chi connectivity index (χ2v) is 8.17. The molecule has 0 aromatic heterocycles. The van der Waals surface area contributed by atoms with E-state index in [2.05, 4.69) is 5.32 Å². The lowest BCUT2D eigenvalue weighted by molar-refractivity contribution is 0.102. The number of carbonyl (C=O) groups is 1. The molecule has 184 valence electrons. The van der Waals surface area contributed by atoms with E-state index in [1.54, 1.807) is 43.5 Å². The summed E-state index contributed by atoms with van der Waals surface area (Å²) in [6, 6.07) is 26.9. The molecule has 4 rings (SSSR count).